The number of hydrogen-bond acceptors (Lipinski definition) is 1. The Bertz CT molecular complexity index is 57.8. The van der Waals surface area contributed by atoms with Gasteiger partial charge < -0.3 is 14.7 Å². The molecular formula is H8FO4PSi. The lowest BCUT2D eigenvalue weighted by atomic mass is 15.8. The van der Waals surface area contributed by atoms with Crippen molar-refractivity contribution in [3.05, 3.63) is 0 Å². The van der Waals surface area contributed by atoms with E-state index in [4.69, 9.17) is 19.2 Å². The summed E-state index contributed by atoms with van der Waals surface area (Å²) >= 11 is 0. The average Bonchev–Trinajstić information content (AvgIpc) is 0.722. The summed E-state index contributed by atoms with van der Waals surface area (Å²) in [7, 11) is -4.64. The van der Waals surface area contributed by atoms with Gasteiger partial charge in [0.2, 0.25) is 0 Å². The molecule has 0 aliphatic heterocycles. The van der Waals surface area contributed by atoms with Crippen LogP contribution < -0.4 is 0 Å². The van der Waals surface area contributed by atoms with E-state index in [2.05, 4.69) is 0 Å². The van der Waals surface area contributed by atoms with Crippen LogP contribution in [0, 0.1) is 0 Å². The van der Waals surface area contributed by atoms with Crippen molar-refractivity contribution >= 4 is 18.8 Å². The quantitative estimate of drug-likeness (QED) is 0.270. The molecule has 0 atom stereocenters. The minimum absolute atomic E-state index is 0. The maximum atomic E-state index is 8.88. The van der Waals surface area contributed by atoms with E-state index in [1.807, 2.05) is 0 Å². The van der Waals surface area contributed by atoms with Gasteiger partial charge in [-0.15, -0.1) is 0 Å². The molecule has 4 nitrogen and oxygen atoms in total. The smallest absolute Gasteiger partial charge is 0.303 e. The van der Waals surface area contributed by atoms with Crippen LogP contribution in [0.25, 0.3) is 0 Å². The van der Waals surface area contributed by atoms with Crippen LogP contribution in [0.1, 0.15) is 0 Å². The third-order valence-corrected chi connectivity index (χ3v) is 0. The van der Waals surface area contributed by atoms with Crippen molar-refractivity contribution in [3.8, 4) is 0 Å². The second-order valence-corrected chi connectivity index (χ2v) is 1.54. The normalized spacial score (nSPS) is 8.43. The molecule has 48 valence electrons. The lowest BCUT2D eigenvalue weighted by Crippen LogP contribution is -1.66. The SMILES string of the molecule is F.O=P(O)(O)O.[SiH4]. The summed E-state index contributed by atoms with van der Waals surface area (Å²) in [4.78, 5) is 21.6. The minimum Gasteiger partial charge on any atom is -0.303 e. The largest absolute Gasteiger partial charge is 0.466 e. The summed E-state index contributed by atoms with van der Waals surface area (Å²) in [5.74, 6) is 0. The van der Waals surface area contributed by atoms with Gasteiger partial charge in [0.15, 0.2) is 0 Å². The fourth-order valence-corrected chi connectivity index (χ4v) is 0. The Morgan fingerprint density at radius 1 is 1.14 bits per heavy atom. The van der Waals surface area contributed by atoms with Crippen LogP contribution in [0.5, 0.6) is 0 Å². The van der Waals surface area contributed by atoms with Crippen LogP contribution >= 0.6 is 7.82 Å². The lowest BCUT2D eigenvalue weighted by Gasteiger charge is -1.82. The molecule has 0 radical (unpaired) electrons. The van der Waals surface area contributed by atoms with Gasteiger partial charge in [0.1, 0.15) is 0 Å². The van der Waals surface area contributed by atoms with Gasteiger partial charge in [-0.1, -0.05) is 0 Å². The predicted octanol–water partition coefficient (Wildman–Crippen LogP) is -2.23. The Morgan fingerprint density at radius 3 is 1.14 bits per heavy atom. The molecule has 0 rings (SSSR count). The molecule has 3 N–H and O–H groups in total. The summed E-state index contributed by atoms with van der Waals surface area (Å²) in [6, 6.07) is 0. The highest BCUT2D eigenvalue weighted by atomic mass is 31.2. The summed E-state index contributed by atoms with van der Waals surface area (Å²) in [5, 5.41) is 0. The van der Waals surface area contributed by atoms with Crippen LogP contribution in [0.2, 0.25) is 0 Å². The van der Waals surface area contributed by atoms with Gasteiger partial charge in [0.05, 0.1) is 0 Å². The number of hydrogen-bond donors (Lipinski definition) is 3. The Balaban J connectivity index is -0.0000000800. The zero-order valence-electron chi connectivity index (χ0n) is 2.61. The highest BCUT2D eigenvalue weighted by Gasteiger charge is 2.00. The Kier molecular flexibility index (Phi) is 9.89. The van der Waals surface area contributed by atoms with Crippen molar-refractivity contribution in [2.75, 3.05) is 0 Å². The molecule has 0 saturated carbocycles. The predicted molar refractivity (Wildman–Crippen MR) is 28.1 cm³/mol. The molecule has 0 unspecified atom stereocenters. The van der Waals surface area contributed by atoms with Crippen molar-refractivity contribution < 1.29 is 23.9 Å². The molecule has 0 heterocycles. The van der Waals surface area contributed by atoms with E-state index in [-0.39, 0.29) is 15.7 Å². The van der Waals surface area contributed by atoms with Gasteiger partial charge in [-0.3, -0.25) is 4.70 Å². The molecule has 0 aliphatic rings. The Morgan fingerprint density at radius 2 is 1.14 bits per heavy atom. The third kappa shape index (κ3) is 1720. The standard InChI is InChI=1S/FH.H3O4P.H4Si/c;1-5(2,3)4;/h1H;(H3,1,2,3,4);1H4. The van der Waals surface area contributed by atoms with Crippen LogP contribution in [0.4, 0.5) is 4.70 Å². The Labute approximate surface area is 43.8 Å². The topological polar surface area (TPSA) is 77.8 Å². The maximum absolute atomic E-state index is 8.88. The van der Waals surface area contributed by atoms with Gasteiger partial charge in [-0.2, -0.15) is 0 Å². The zero-order valence-corrected chi connectivity index (χ0v) is 3.50. The second-order valence-electron chi connectivity index (χ2n) is 0.513. The lowest BCUT2D eigenvalue weighted by molar-refractivity contribution is 0.275. The van der Waals surface area contributed by atoms with Crippen molar-refractivity contribution in [2.24, 2.45) is 0 Å². The molecular weight excluding hydrogens is 142 g/mol. The van der Waals surface area contributed by atoms with Crippen LogP contribution in [-0.2, 0) is 4.57 Å². The highest BCUT2D eigenvalue weighted by molar-refractivity contribution is 7.45. The molecule has 0 aliphatic carbocycles. The summed E-state index contributed by atoms with van der Waals surface area (Å²) in [6.07, 6.45) is 0. The molecule has 0 fully saturated rings. The molecule has 7 heavy (non-hydrogen) atoms. The van der Waals surface area contributed by atoms with Crippen LogP contribution in [0.15, 0.2) is 0 Å². The summed E-state index contributed by atoms with van der Waals surface area (Å²) in [5.41, 5.74) is 0. The van der Waals surface area contributed by atoms with Crippen LogP contribution in [0.3, 0.4) is 0 Å². The fourth-order valence-electron chi connectivity index (χ4n) is 0. The number of phosphoric acid groups is 1. The maximum Gasteiger partial charge on any atom is 0.466 e. The number of halogens is 1. The fraction of sp³-hybridized carbons (Fsp3) is 0. The van der Waals surface area contributed by atoms with Gasteiger partial charge in [-0.25, -0.2) is 4.57 Å². The Hall–Kier alpha value is 0.257. The zero-order chi connectivity index (χ0) is 4.50. The van der Waals surface area contributed by atoms with Gasteiger partial charge in [0.25, 0.3) is 0 Å². The second kappa shape index (κ2) is 4.42. The van der Waals surface area contributed by atoms with E-state index >= 15 is 0 Å². The van der Waals surface area contributed by atoms with E-state index in [1.54, 1.807) is 0 Å². The summed E-state index contributed by atoms with van der Waals surface area (Å²) in [6.45, 7) is 0. The van der Waals surface area contributed by atoms with Crippen molar-refractivity contribution in [1.82, 2.24) is 0 Å². The molecule has 0 spiro atoms. The molecule has 0 saturated heterocycles. The van der Waals surface area contributed by atoms with Crippen LogP contribution in [-0.4, -0.2) is 25.6 Å². The molecule has 0 aromatic rings. The van der Waals surface area contributed by atoms with E-state index in [9.17, 15) is 0 Å². The molecule has 7 heteroatoms. The van der Waals surface area contributed by atoms with E-state index in [1.165, 1.54) is 0 Å². The molecule has 0 bridgehead atoms. The van der Waals surface area contributed by atoms with E-state index in [0.717, 1.165) is 0 Å². The van der Waals surface area contributed by atoms with Crippen molar-refractivity contribution in [1.29, 1.82) is 0 Å². The molecule has 0 aromatic carbocycles. The summed E-state index contributed by atoms with van der Waals surface area (Å²) < 4.78 is 8.88. The first-order chi connectivity index (χ1) is 2.00. The van der Waals surface area contributed by atoms with Gasteiger partial charge in [-0.05, 0) is 11.0 Å². The van der Waals surface area contributed by atoms with Gasteiger partial charge in [0, 0.05) is 0 Å². The van der Waals surface area contributed by atoms with Crippen molar-refractivity contribution in [2.45, 2.75) is 0 Å². The molecule has 0 aromatic heterocycles. The number of rotatable bonds is 0. The van der Waals surface area contributed by atoms with E-state index < -0.39 is 7.82 Å². The highest BCUT2D eigenvalue weighted by Crippen LogP contribution is 2.25. The average molecular weight is 150 g/mol. The first kappa shape index (κ1) is 15.7. The minimum atomic E-state index is -4.64. The molecule has 0 amide bonds. The van der Waals surface area contributed by atoms with Crippen molar-refractivity contribution in [3.63, 3.8) is 0 Å². The van der Waals surface area contributed by atoms with E-state index in [0.29, 0.717) is 0 Å². The third-order valence-electron chi connectivity index (χ3n) is 0. The first-order valence-electron chi connectivity index (χ1n) is 0.783. The van der Waals surface area contributed by atoms with Gasteiger partial charge >= 0.3 is 7.82 Å². The first-order valence-corrected chi connectivity index (χ1v) is 2.35. The monoisotopic (exact) mass is 150 g/mol.